The van der Waals surface area contributed by atoms with Crippen LogP contribution in [0.4, 0.5) is 0 Å². The highest BCUT2D eigenvalue weighted by molar-refractivity contribution is 9.10. The molecular formula is C11H6BrN. The van der Waals surface area contributed by atoms with E-state index in [4.69, 9.17) is 5.26 Å². The summed E-state index contributed by atoms with van der Waals surface area (Å²) in [6.07, 6.45) is 0. The van der Waals surface area contributed by atoms with E-state index in [1.807, 2.05) is 36.4 Å². The van der Waals surface area contributed by atoms with Crippen LogP contribution in [0.15, 0.2) is 40.9 Å². The van der Waals surface area contributed by atoms with Gasteiger partial charge >= 0.3 is 0 Å². The lowest BCUT2D eigenvalue weighted by molar-refractivity contribution is 1.49. The Morgan fingerprint density at radius 3 is 2.77 bits per heavy atom. The monoisotopic (exact) mass is 231 g/mol. The molecule has 0 aliphatic carbocycles. The molecule has 1 nitrogen and oxygen atoms in total. The molecule has 0 saturated carbocycles. The summed E-state index contributed by atoms with van der Waals surface area (Å²) in [6.45, 7) is 0. The van der Waals surface area contributed by atoms with Crippen LogP contribution in [0.2, 0.25) is 0 Å². The van der Waals surface area contributed by atoms with Crippen molar-refractivity contribution in [3.05, 3.63) is 46.4 Å². The Kier molecular flexibility index (Phi) is 2.03. The first-order valence-corrected chi connectivity index (χ1v) is 4.69. The molecule has 0 heterocycles. The number of nitrogens with zero attached hydrogens (tertiary/aromatic N) is 1. The molecule has 0 aliphatic heterocycles. The van der Waals surface area contributed by atoms with Crippen molar-refractivity contribution in [1.29, 1.82) is 5.26 Å². The third-order valence-electron chi connectivity index (χ3n) is 1.96. The highest BCUT2D eigenvalue weighted by Crippen LogP contribution is 2.24. The van der Waals surface area contributed by atoms with Crippen molar-refractivity contribution in [3.8, 4) is 6.07 Å². The van der Waals surface area contributed by atoms with Crippen molar-refractivity contribution in [2.24, 2.45) is 0 Å². The quantitative estimate of drug-likeness (QED) is 0.682. The fraction of sp³-hybridized carbons (Fsp3) is 0. The van der Waals surface area contributed by atoms with Gasteiger partial charge in [-0.15, -0.1) is 0 Å². The summed E-state index contributed by atoms with van der Waals surface area (Å²) in [4.78, 5) is 0. The first-order chi connectivity index (χ1) is 6.31. The number of halogens is 1. The smallest absolute Gasteiger partial charge is 0.0991 e. The third-order valence-corrected chi connectivity index (χ3v) is 2.65. The van der Waals surface area contributed by atoms with Crippen LogP contribution >= 0.6 is 15.9 Å². The Bertz CT molecular complexity index is 497. The van der Waals surface area contributed by atoms with Crippen molar-refractivity contribution in [2.45, 2.75) is 0 Å². The lowest BCUT2D eigenvalue weighted by Gasteiger charge is -1.99. The van der Waals surface area contributed by atoms with Crippen molar-refractivity contribution in [3.63, 3.8) is 0 Å². The van der Waals surface area contributed by atoms with Gasteiger partial charge in [0, 0.05) is 4.47 Å². The fourth-order valence-corrected chi connectivity index (χ4v) is 1.83. The Balaban J connectivity index is 2.82. The Morgan fingerprint density at radius 1 is 1.15 bits per heavy atom. The second-order valence-electron chi connectivity index (χ2n) is 2.79. The zero-order valence-electron chi connectivity index (χ0n) is 6.79. The van der Waals surface area contributed by atoms with Gasteiger partial charge in [-0.05, 0) is 29.0 Å². The summed E-state index contributed by atoms with van der Waals surface area (Å²) in [5.74, 6) is 0. The van der Waals surface area contributed by atoms with Crippen LogP contribution in [-0.2, 0) is 0 Å². The Hall–Kier alpha value is -1.33. The maximum absolute atomic E-state index is 8.70. The minimum absolute atomic E-state index is 0.700. The summed E-state index contributed by atoms with van der Waals surface area (Å²) in [7, 11) is 0. The normalized spacial score (nSPS) is 9.85. The molecule has 0 atom stereocenters. The summed E-state index contributed by atoms with van der Waals surface area (Å²) in [5.41, 5.74) is 0.700. The summed E-state index contributed by atoms with van der Waals surface area (Å²) < 4.78 is 1.06. The maximum Gasteiger partial charge on any atom is 0.0991 e. The highest BCUT2D eigenvalue weighted by atomic mass is 79.9. The summed E-state index contributed by atoms with van der Waals surface area (Å²) in [5, 5.41) is 10.9. The van der Waals surface area contributed by atoms with Crippen molar-refractivity contribution < 1.29 is 0 Å². The summed E-state index contributed by atoms with van der Waals surface area (Å²) in [6, 6.07) is 13.8. The molecule has 0 spiro atoms. The van der Waals surface area contributed by atoms with Gasteiger partial charge in [0.2, 0.25) is 0 Å². The third kappa shape index (κ3) is 1.43. The predicted octanol–water partition coefficient (Wildman–Crippen LogP) is 3.47. The van der Waals surface area contributed by atoms with Gasteiger partial charge in [-0.25, -0.2) is 0 Å². The molecule has 0 bridgehead atoms. The van der Waals surface area contributed by atoms with E-state index in [-0.39, 0.29) is 0 Å². The van der Waals surface area contributed by atoms with Crippen LogP contribution in [-0.4, -0.2) is 0 Å². The lowest BCUT2D eigenvalue weighted by Crippen LogP contribution is -1.77. The van der Waals surface area contributed by atoms with Crippen LogP contribution < -0.4 is 0 Å². The number of rotatable bonds is 0. The molecule has 2 aromatic rings. The second-order valence-corrected chi connectivity index (χ2v) is 3.64. The number of nitriles is 1. The van der Waals surface area contributed by atoms with E-state index in [1.165, 1.54) is 0 Å². The van der Waals surface area contributed by atoms with Gasteiger partial charge in [-0.1, -0.05) is 34.1 Å². The molecule has 0 amide bonds. The van der Waals surface area contributed by atoms with E-state index >= 15 is 0 Å². The van der Waals surface area contributed by atoms with E-state index in [2.05, 4.69) is 22.0 Å². The largest absolute Gasteiger partial charge is 0.192 e. The maximum atomic E-state index is 8.70. The van der Waals surface area contributed by atoms with Gasteiger partial charge in [0.15, 0.2) is 0 Å². The van der Waals surface area contributed by atoms with Crippen LogP contribution in [0.5, 0.6) is 0 Å². The zero-order chi connectivity index (χ0) is 9.26. The van der Waals surface area contributed by atoms with E-state index < -0.39 is 0 Å². The highest BCUT2D eigenvalue weighted by Gasteiger charge is 1.98. The molecule has 2 heteroatoms. The summed E-state index contributed by atoms with van der Waals surface area (Å²) >= 11 is 3.46. The molecule has 0 fully saturated rings. The van der Waals surface area contributed by atoms with E-state index in [9.17, 15) is 0 Å². The number of benzene rings is 2. The molecule has 0 aromatic heterocycles. The van der Waals surface area contributed by atoms with Gasteiger partial charge < -0.3 is 0 Å². The molecule has 0 saturated heterocycles. The topological polar surface area (TPSA) is 23.8 Å². The molecule has 2 aromatic carbocycles. The first-order valence-electron chi connectivity index (χ1n) is 3.89. The van der Waals surface area contributed by atoms with Gasteiger partial charge in [0.25, 0.3) is 0 Å². The molecule has 0 radical (unpaired) electrons. The first kappa shape index (κ1) is 8.28. The number of fused-ring (bicyclic) bond motifs is 1. The molecule has 62 valence electrons. The van der Waals surface area contributed by atoms with Crippen molar-refractivity contribution in [2.75, 3.05) is 0 Å². The molecule has 0 aliphatic rings. The van der Waals surface area contributed by atoms with Gasteiger partial charge in [-0.2, -0.15) is 5.26 Å². The molecule has 2 rings (SSSR count). The van der Waals surface area contributed by atoms with Crippen LogP contribution in [0.1, 0.15) is 5.56 Å². The van der Waals surface area contributed by atoms with Crippen LogP contribution in [0.25, 0.3) is 10.8 Å². The van der Waals surface area contributed by atoms with E-state index in [0.29, 0.717) is 5.56 Å². The molecule has 0 N–H and O–H groups in total. The average Bonchev–Trinajstić information content (AvgIpc) is 2.18. The van der Waals surface area contributed by atoms with Gasteiger partial charge in [-0.3, -0.25) is 0 Å². The SMILES string of the molecule is N#Cc1ccc2c(Br)cccc2c1. The predicted molar refractivity (Wildman–Crippen MR) is 56.4 cm³/mol. The number of hydrogen-bond donors (Lipinski definition) is 0. The van der Waals surface area contributed by atoms with Crippen molar-refractivity contribution in [1.82, 2.24) is 0 Å². The minimum Gasteiger partial charge on any atom is -0.192 e. The second kappa shape index (κ2) is 3.20. The van der Waals surface area contributed by atoms with E-state index in [0.717, 1.165) is 15.2 Å². The van der Waals surface area contributed by atoms with Crippen LogP contribution in [0, 0.1) is 11.3 Å². The van der Waals surface area contributed by atoms with E-state index in [1.54, 1.807) is 0 Å². The van der Waals surface area contributed by atoms with Gasteiger partial charge in [0.1, 0.15) is 0 Å². The fourth-order valence-electron chi connectivity index (χ4n) is 1.31. The zero-order valence-corrected chi connectivity index (χ0v) is 8.38. The number of hydrogen-bond acceptors (Lipinski definition) is 1. The lowest BCUT2D eigenvalue weighted by atomic mass is 10.1. The van der Waals surface area contributed by atoms with Gasteiger partial charge in [0.05, 0.1) is 11.6 Å². The van der Waals surface area contributed by atoms with Crippen LogP contribution in [0.3, 0.4) is 0 Å². The Morgan fingerprint density at radius 2 is 2.00 bits per heavy atom. The minimum atomic E-state index is 0.700. The standard InChI is InChI=1S/C11H6BrN/c12-11-3-1-2-9-6-8(7-13)4-5-10(9)11/h1-6H. The Labute approximate surface area is 84.7 Å². The molecule has 13 heavy (non-hydrogen) atoms. The average molecular weight is 232 g/mol. The molecule has 0 unspecified atom stereocenters. The van der Waals surface area contributed by atoms with Crippen molar-refractivity contribution >= 4 is 26.7 Å². The molecular weight excluding hydrogens is 226 g/mol.